The van der Waals surface area contributed by atoms with Crippen LogP contribution in [0.1, 0.15) is 17.3 Å². The Labute approximate surface area is 108 Å². The predicted molar refractivity (Wildman–Crippen MR) is 65.3 cm³/mol. The van der Waals surface area contributed by atoms with Crippen molar-refractivity contribution < 1.29 is 13.9 Å². The topological polar surface area (TPSA) is 77.0 Å². The van der Waals surface area contributed by atoms with Gasteiger partial charge in [-0.2, -0.15) is 0 Å². The molecule has 6 nitrogen and oxygen atoms in total. The molecule has 0 aromatic carbocycles. The van der Waals surface area contributed by atoms with Gasteiger partial charge in [-0.05, 0) is 13.0 Å². The lowest BCUT2D eigenvalue weighted by atomic mass is 10.2. The van der Waals surface area contributed by atoms with Crippen molar-refractivity contribution in [3.63, 3.8) is 0 Å². The first-order chi connectivity index (χ1) is 9.20. The molecule has 0 fully saturated rings. The van der Waals surface area contributed by atoms with E-state index >= 15 is 0 Å². The minimum atomic E-state index is -0.688. The summed E-state index contributed by atoms with van der Waals surface area (Å²) < 4.78 is 18.4. The van der Waals surface area contributed by atoms with Crippen LogP contribution >= 0.6 is 0 Å². The first kappa shape index (κ1) is 12.9. The standard InChI is InChI=1S/C12H11FN4O2/c1-2-19-12-15-5-8(6-16-12)17-11(18)9-3-4-14-7-10(9)13/h3-7H,2H2,1H3,(H,17,18). The molecule has 19 heavy (non-hydrogen) atoms. The van der Waals surface area contributed by atoms with E-state index in [0.29, 0.717) is 12.3 Å². The Hall–Kier alpha value is -2.57. The molecule has 2 aromatic heterocycles. The lowest BCUT2D eigenvalue weighted by molar-refractivity contribution is 0.102. The first-order valence-electron chi connectivity index (χ1n) is 5.56. The number of anilines is 1. The molecule has 1 N–H and O–H groups in total. The van der Waals surface area contributed by atoms with Crippen molar-refractivity contribution in [1.82, 2.24) is 15.0 Å². The van der Waals surface area contributed by atoms with Crippen LogP contribution in [0.3, 0.4) is 0 Å². The van der Waals surface area contributed by atoms with Crippen molar-refractivity contribution in [2.75, 3.05) is 11.9 Å². The highest BCUT2D eigenvalue weighted by molar-refractivity contribution is 6.04. The van der Waals surface area contributed by atoms with Gasteiger partial charge in [0.25, 0.3) is 5.91 Å². The molecule has 98 valence electrons. The van der Waals surface area contributed by atoms with Crippen LogP contribution in [0.25, 0.3) is 0 Å². The fourth-order valence-corrected chi connectivity index (χ4v) is 1.34. The van der Waals surface area contributed by atoms with Gasteiger partial charge < -0.3 is 10.1 Å². The highest BCUT2D eigenvalue weighted by Crippen LogP contribution is 2.11. The van der Waals surface area contributed by atoms with Crippen LogP contribution in [-0.4, -0.2) is 27.5 Å². The Morgan fingerprint density at radius 3 is 2.74 bits per heavy atom. The molecule has 1 amide bonds. The summed E-state index contributed by atoms with van der Waals surface area (Å²) in [6.45, 7) is 2.26. The highest BCUT2D eigenvalue weighted by Gasteiger charge is 2.11. The molecule has 0 saturated heterocycles. The Morgan fingerprint density at radius 2 is 2.11 bits per heavy atom. The second-order valence-electron chi connectivity index (χ2n) is 3.50. The number of carbonyl (C=O) groups excluding carboxylic acids is 1. The molecule has 0 radical (unpaired) electrons. The van der Waals surface area contributed by atoms with E-state index < -0.39 is 11.7 Å². The number of nitrogens with one attached hydrogen (secondary N) is 1. The predicted octanol–water partition coefficient (Wildman–Crippen LogP) is 1.66. The van der Waals surface area contributed by atoms with Crippen LogP contribution in [-0.2, 0) is 0 Å². The normalized spacial score (nSPS) is 10.0. The first-order valence-corrected chi connectivity index (χ1v) is 5.56. The average molecular weight is 262 g/mol. The van der Waals surface area contributed by atoms with Gasteiger partial charge in [-0.3, -0.25) is 9.78 Å². The highest BCUT2D eigenvalue weighted by atomic mass is 19.1. The number of halogens is 1. The summed E-state index contributed by atoms with van der Waals surface area (Å²) in [5, 5.41) is 2.48. The molecule has 2 aromatic rings. The molecule has 7 heteroatoms. The Bertz CT molecular complexity index is 574. The maximum absolute atomic E-state index is 13.3. The van der Waals surface area contributed by atoms with Gasteiger partial charge in [0.05, 0.1) is 36.4 Å². The summed E-state index contributed by atoms with van der Waals surface area (Å²) in [6.07, 6.45) is 5.08. The second-order valence-corrected chi connectivity index (χ2v) is 3.50. The summed E-state index contributed by atoms with van der Waals surface area (Å²) in [5.41, 5.74) is 0.258. The molecular formula is C12H11FN4O2. The van der Waals surface area contributed by atoms with Crippen molar-refractivity contribution in [2.45, 2.75) is 6.92 Å². The van der Waals surface area contributed by atoms with Crippen molar-refractivity contribution in [3.05, 3.63) is 42.2 Å². The maximum Gasteiger partial charge on any atom is 0.316 e. The number of hydrogen-bond acceptors (Lipinski definition) is 5. The van der Waals surface area contributed by atoms with Crippen LogP contribution < -0.4 is 10.1 Å². The smallest absolute Gasteiger partial charge is 0.316 e. The molecule has 0 bridgehead atoms. The molecular weight excluding hydrogens is 251 g/mol. The maximum atomic E-state index is 13.3. The molecule has 0 unspecified atom stereocenters. The van der Waals surface area contributed by atoms with Crippen molar-refractivity contribution >= 4 is 11.6 Å². The van der Waals surface area contributed by atoms with Gasteiger partial charge in [-0.1, -0.05) is 0 Å². The van der Waals surface area contributed by atoms with E-state index in [1.165, 1.54) is 24.7 Å². The number of hydrogen-bond donors (Lipinski definition) is 1. The summed E-state index contributed by atoms with van der Waals surface area (Å²) in [4.78, 5) is 23.1. The molecule has 0 spiro atoms. The van der Waals surface area contributed by atoms with Crippen molar-refractivity contribution in [3.8, 4) is 6.01 Å². The van der Waals surface area contributed by atoms with E-state index in [9.17, 15) is 9.18 Å². The average Bonchev–Trinajstić information content (AvgIpc) is 2.42. The van der Waals surface area contributed by atoms with Gasteiger partial charge in [-0.15, -0.1) is 0 Å². The Morgan fingerprint density at radius 1 is 1.37 bits per heavy atom. The van der Waals surface area contributed by atoms with Crippen molar-refractivity contribution in [2.24, 2.45) is 0 Å². The molecule has 2 rings (SSSR count). The van der Waals surface area contributed by atoms with E-state index in [4.69, 9.17) is 4.74 Å². The second kappa shape index (κ2) is 5.85. The van der Waals surface area contributed by atoms with E-state index in [1.807, 2.05) is 6.92 Å². The summed E-state index contributed by atoms with van der Waals surface area (Å²) in [7, 11) is 0. The number of aromatic nitrogens is 3. The number of pyridine rings is 1. The van der Waals surface area contributed by atoms with Crippen LogP contribution in [0.5, 0.6) is 6.01 Å². The molecule has 0 atom stereocenters. The summed E-state index contributed by atoms with van der Waals surface area (Å²) in [6, 6.07) is 1.51. The van der Waals surface area contributed by atoms with Crippen molar-refractivity contribution in [1.29, 1.82) is 0 Å². The number of carbonyl (C=O) groups is 1. The molecule has 0 saturated carbocycles. The van der Waals surface area contributed by atoms with E-state index in [2.05, 4.69) is 20.3 Å². The van der Waals surface area contributed by atoms with Crippen LogP contribution in [0.15, 0.2) is 30.9 Å². The zero-order chi connectivity index (χ0) is 13.7. The minimum Gasteiger partial charge on any atom is -0.464 e. The van der Waals surface area contributed by atoms with Gasteiger partial charge in [0.2, 0.25) is 0 Å². The SMILES string of the molecule is CCOc1ncc(NC(=O)c2ccncc2F)cn1. The fourth-order valence-electron chi connectivity index (χ4n) is 1.34. The van der Waals surface area contributed by atoms with Gasteiger partial charge in [0.1, 0.15) is 0 Å². The van der Waals surface area contributed by atoms with Crippen LogP contribution in [0.4, 0.5) is 10.1 Å². The monoisotopic (exact) mass is 262 g/mol. The lowest BCUT2D eigenvalue weighted by Crippen LogP contribution is -2.14. The third-order valence-corrected chi connectivity index (χ3v) is 2.18. The Balaban J connectivity index is 2.09. The third kappa shape index (κ3) is 3.21. The Kier molecular flexibility index (Phi) is 3.97. The molecule has 0 aliphatic heterocycles. The molecule has 0 aliphatic rings. The van der Waals surface area contributed by atoms with E-state index in [1.54, 1.807) is 0 Å². The quantitative estimate of drug-likeness (QED) is 0.906. The number of ether oxygens (including phenoxy) is 1. The number of amides is 1. The largest absolute Gasteiger partial charge is 0.464 e. The van der Waals surface area contributed by atoms with Gasteiger partial charge >= 0.3 is 6.01 Å². The molecule has 0 aliphatic carbocycles. The zero-order valence-electron chi connectivity index (χ0n) is 10.1. The van der Waals surface area contributed by atoms with Gasteiger partial charge in [0, 0.05) is 6.20 Å². The van der Waals surface area contributed by atoms with E-state index in [0.717, 1.165) is 6.20 Å². The van der Waals surface area contributed by atoms with Gasteiger partial charge in [0.15, 0.2) is 5.82 Å². The number of rotatable bonds is 4. The van der Waals surface area contributed by atoms with E-state index in [-0.39, 0.29) is 11.6 Å². The number of nitrogens with zero attached hydrogens (tertiary/aromatic N) is 3. The fraction of sp³-hybridized carbons (Fsp3) is 0.167. The summed E-state index contributed by atoms with van der Waals surface area (Å²) >= 11 is 0. The third-order valence-electron chi connectivity index (χ3n) is 2.18. The van der Waals surface area contributed by atoms with Crippen LogP contribution in [0.2, 0.25) is 0 Å². The minimum absolute atomic E-state index is 0.0936. The summed E-state index contributed by atoms with van der Waals surface area (Å²) in [5.74, 6) is -1.28. The van der Waals surface area contributed by atoms with Gasteiger partial charge in [-0.25, -0.2) is 14.4 Å². The zero-order valence-corrected chi connectivity index (χ0v) is 10.1. The van der Waals surface area contributed by atoms with Crippen LogP contribution in [0, 0.1) is 5.82 Å². The lowest BCUT2D eigenvalue weighted by Gasteiger charge is -2.05. The molecule has 2 heterocycles.